The van der Waals surface area contributed by atoms with Gasteiger partial charge in [0.15, 0.2) is 12.2 Å². The van der Waals surface area contributed by atoms with Gasteiger partial charge in [0.25, 0.3) is 0 Å². The van der Waals surface area contributed by atoms with Crippen LogP contribution >= 0.6 is 0 Å². The minimum atomic E-state index is 0.257. The summed E-state index contributed by atoms with van der Waals surface area (Å²) in [6, 6.07) is 12.7. The topological polar surface area (TPSA) is 130 Å². The number of hydrogen-bond donors (Lipinski definition) is 3. The Kier molecular flexibility index (Phi) is 4.09. The molecule has 5 N–H and O–H groups in total. The number of ether oxygens (including phenoxy) is 1. The van der Waals surface area contributed by atoms with Gasteiger partial charge in [-0.05, 0) is 36.4 Å². The maximum atomic E-state index is 5.98. The van der Waals surface area contributed by atoms with E-state index in [9.17, 15) is 0 Å². The van der Waals surface area contributed by atoms with Crippen LogP contribution in [0.4, 0.5) is 23.3 Å². The minimum absolute atomic E-state index is 0.257. The van der Waals surface area contributed by atoms with Gasteiger partial charge in [-0.1, -0.05) is 0 Å². The van der Waals surface area contributed by atoms with Crippen LogP contribution in [0.5, 0.6) is 5.75 Å². The van der Waals surface area contributed by atoms with Crippen molar-refractivity contribution in [2.75, 3.05) is 23.9 Å². The van der Waals surface area contributed by atoms with Gasteiger partial charge < -0.3 is 25.9 Å². The van der Waals surface area contributed by atoms with E-state index in [2.05, 4.69) is 20.4 Å². The number of anilines is 4. The fraction of sp³-hybridized carbons (Fsp3) is 0.0556. The molecule has 0 saturated carbocycles. The molecule has 9 heteroatoms. The van der Waals surface area contributed by atoms with Crippen molar-refractivity contribution in [2.45, 2.75) is 0 Å². The summed E-state index contributed by atoms with van der Waals surface area (Å²) in [6.45, 7) is 0. The average molecular weight is 363 g/mol. The van der Waals surface area contributed by atoms with E-state index in [1.807, 2.05) is 30.3 Å². The second-order valence-electron chi connectivity index (χ2n) is 5.70. The molecule has 0 aliphatic carbocycles. The second kappa shape index (κ2) is 6.71. The summed E-state index contributed by atoms with van der Waals surface area (Å²) in [4.78, 5) is 8.18. The van der Waals surface area contributed by atoms with Gasteiger partial charge in [-0.25, -0.2) is 4.98 Å². The van der Waals surface area contributed by atoms with Gasteiger partial charge in [0, 0.05) is 17.4 Å². The van der Waals surface area contributed by atoms with Gasteiger partial charge in [-0.3, -0.25) is 0 Å². The number of nitrogens with zero attached hydrogens (tertiary/aromatic N) is 4. The van der Waals surface area contributed by atoms with Crippen LogP contribution in [0.15, 0.2) is 59.5 Å². The molecule has 0 bridgehead atoms. The Balaban J connectivity index is 1.61. The van der Waals surface area contributed by atoms with Gasteiger partial charge in [0.1, 0.15) is 5.75 Å². The van der Waals surface area contributed by atoms with Gasteiger partial charge in [0.05, 0.1) is 24.6 Å². The van der Waals surface area contributed by atoms with Crippen LogP contribution in [0.25, 0.3) is 17.0 Å². The fourth-order valence-corrected chi connectivity index (χ4v) is 2.63. The van der Waals surface area contributed by atoms with E-state index in [4.69, 9.17) is 20.6 Å². The van der Waals surface area contributed by atoms with Crippen LogP contribution in [0.3, 0.4) is 0 Å². The SMILES string of the molecule is COc1cc(Nc2nc(N)n(-c3ccc(N)cc3)n2)ccc1-c1cnco1. The molecule has 0 aliphatic heterocycles. The number of nitrogens with two attached hydrogens (primary N) is 2. The Hall–Kier alpha value is -4.01. The smallest absolute Gasteiger partial charge is 0.248 e. The quantitative estimate of drug-likeness (QED) is 0.461. The zero-order valence-electron chi connectivity index (χ0n) is 14.5. The second-order valence-corrected chi connectivity index (χ2v) is 5.70. The van der Waals surface area contributed by atoms with Crippen LogP contribution in [0.1, 0.15) is 0 Å². The number of aromatic nitrogens is 4. The van der Waals surface area contributed by atoms with Gasteiger partial charge in [-0.15, -0.1) is 5.10 Å². The molecule has 2 aromatic carbocycles. The van der Waals surface area contributed by atoms with Crippen LogP contribution < -0.4 is 21.5 Å². The molecule has 0 radical (unpaired) electrons. The molecule has 0 atom stereocenters. The van der Waals surface area contributed by atoms with Crippen molar-refractivity contribution in [1.29, 1.82) is 0 Å². The highest BCUT2D eigenvalue weighted by Gasteiger charge is 2.13. The van der Waals surface area contributed by atoms with E-state index in [-0.39, 0.29) is 5.95 Å². The molecule has 27 heavy (non-hydrogen) atoms. The first kappa shape index (κ1) is 16.5. The van der Waals surface area contributed by atoms with Crippen molar-refractivity contribution in [2.24, 2.45) is 0 Å². The summed E-state index contributed by atoms with van der Waals surface area (Å²) in [5.74, 6) is 1.86. The molecule has 0 saturated heterocycles. The largest absolute Gasteiger partial charge is 0.496 e. The number of methoxy groups -OCH3 is 1. The predicted molar refractivity (Wildman–Crippen MR) is 102 cm³/mol. The molecule has 2 aromatic heterocycles. The standard InChI is InChI=1S/C18H17N7O2/c1-26-15-8-12(4-7-14(15)16-9-21-10-27-16)22-18-23-17(20)25(24-18)13-5-2-11(19)3-6-13/h2-10H,19H2,1H3,(H3,20,22,23,24). The number of hydrogen-bond acceptors (Lipinski definition) is 8. The van der Waals surface area contributed by atoms with E-state index >= 15 is 0 Å². The third kappa shape index (κ3) is 3.25. The van der Waals surface area contributed by atoms with Crippen LogP contribution in [0.2, 0.25) is 0 Å². The molecule has 0 aliphatic rings. The normalized spacial score (nSPS) is 10.7. The van der Waals surface area contributed by atoms with E-state index in [0.717, 1.165) is 16.9 Å². The van der Waals surface area contributed by atoms with E-state index in [0.29, 0.717) is 23.1 Å². The third-order valence-corrected chi connectivity index (χ3v) is 3.93. The summed E-state index contributed by atoms with van der Waals surface area (Å²) in [7, 11) is 1.59. The van der Waals surface area contributed by atoms with Crippen molar-refractivity contribution in [3.8, 4) is 22.8 Å². The lowest BCUT2D eigenvalue weighted by atomic mass is 10.1. The lowest BCUT2D eigenvalue weighted by Crippen LogP contribution is -2.02. The van der Waals surface area contributed by atoms with Gasteiger partial charge in [0.2, 0.25) is 11.9 Å². The van der Waals surface area contributed by atoms with Crippen LogP contribution in [-0.4, -0.2) is 26.9 Å². The Morgan fingerprint density at radius 2 is 1.93 bits per heavy atom. The van der Waals surface area contributed by atoms with Gasteiger partial charge >= 0.3 is 0 Å². The maximum Gasteiger partial charge on any atom is 0.248 e. The molecule has 0 amide bonds. The first-order valence-electron chi connectivity index (χ1n) is 8.06. The van der Waals surface area contributed by atoms with Crippen molar-refractivity contribution >= 4 is 23.3 Å². The lowest BCUT2D eigenvalue weighted by Gasteiger charge is -2.09. The third-order valence-electron chi connectivity index (χ3n) is 3.93. The zero-order valence-corrected chi connectivity index (χ0v) is 14.5. The molecule has 0 unspecified atom stereocenters. The summed E-state index contributed by atoms with van der Waals surface area (Å²) < 4.78 is 12.3. The summed E-state index contributed by atoms with van der Waals surface area (Å²) in [5.41, 5.74) is 14.7. The summed E-state index contributed by atoms with van der Waals surface area (Å²) >= 11 is 0. The van der Waals surface area contributed by atoms with Crippen molar-refractivity contribution in [1.82, 2.24) is 19.7 Å². The Morgan fingerprint density at radius 3 is 2.63 bits per heavy atom. The highest BCUT2D eigenvalue weighted by atomic mass is 16.5. The number of benzene rings is 2. The number of oxazole rings is 1. The van der Waals surface area contributed by atoms with E-state index in [1.54, 1.807) is 25.4 Å². The molecule has 136 valence electrons. The molecule has 9 nitrogen and oxygen atoms in total. The number of nitrogen functional groups attached to an aromatic ring is 2. The highest BCUT2D eigenvalue weighted by Crippen LogP contribution is 2.33. The highest BCUT2D eigenvalue weighted by molar-refractivity contribution is 5.71. The first-order valence-corrected chi connectivity index (χ1v) is 8.06. The molecule has 4 rings (SSSR count). The average Bonchev–Trinajstić information content (AvgIpc) is 3.32. The lowest BCUT2D eigenvalue weighted by molar-refractivity contribution is 0.415. The van der Waals surface area contributed by atoms with Crippen LogP contribution in [-0.2, 0) is 0 Å². The maximum absolute atomic E-state index is 5.98. The molecular formula is C18H17N7O2. The summed E-state index contributed by atoms with van der Waals surface area (Å²) in [6.07, 6.45) is 3.00. The first-order chi connectivity index (χ1) is 13.1. The molecule has 2 heterocycles. The summed E-state index contributed by atoms with van der Waals surface area (Å²) in [5, 5.41) is 7.51. The number of nitrogens with one attached hydrogen (secondary N) is 1. The molecule has 0 spiro atoms. The monoisotopic (exact) mass is 363 g/mol. The Morgan fingerprint density at radius 1 is 1.11 bits per heavy atom. The molecular weight excluding hydrogens is 346 g/mol. The van der Waals surface area contributed by atoms with Crippen molar-refractivity contribution in [3.63, 3.8) is 0 Å². The van der Waals surface area contributed by atoms with Gasteiger partial charge in [-0.2, -0.15) is 9.67 Å². The fourth-order valence-electron chi connectivity index (χ4n) is 2.63. The predicted octanol–water partition coefficient (Wildman–Crippen LogP) is 2.84. The Bertz CT molecular complexity index is 1060. The van der Waals surface area contributed by atoms with Crippen LogP contribution in [0, 0.1) is 0 Å². The van der Waals surface area contributed by atoms with E-state index < -0.39 is 0 Å². The zero-order chi connectivity index (χ0) is 18.8. The minimum Gasteiger partial charge on any atom is -0.496 e. The van der Waals surface area contributed by atoms with Crippen molar-refractivity contribution < 1.29 is 9.15 Å². The van der Waals surface area contributed by atoms with Crippen molar-refractivity contribution in [3.05, 3.63) is 55.1 Å². The number of rotatable bonds is 5. The Labute approximate surface area is 154 Å². The molecule has 4 aromatic rings. The molecule has 0 fully saturated rings. The van der Waals surface area contributed by atoms with E-state index in [1.165, 1.54) is 11.1 Å².